The number of β-amino-alcohol motifs (C(OH)–C–C–N with tert-alkyl or cyclic N) is 1. The Kier molecular flexibility index (Phi) is 13.3. The highest BCUT2D eigenvalue weighted by atomic mass is 19.4. The molecule has 1 aliphatic rings. The Bertz CT molecular complexity index is 1200. The number of aliphatic carboxylic acids is 1. The summed E-state index contributed by atoms with van der Waals surface area (Å²) in [6.07, 6.45) is -7.54. The minimum absolute atomic E-state index is 0.0460. The van der Waals surface area contributed by atoms with E-state index in [0.717, 1.165) is 0 Å². The van der Waals surface area contributed by atoms with Crippen molar-refractivity contribution < 1.29 is 55.3 Å². The number of carbonyl (C=O) groups is 3. The van der Waals surface area contributed by atoms with Gasteiger partial charge in [0.05, 0.1) is 24.7 Å². The molecule has 0 radical (unpaired) electrons. The van der Waals surface area contributed by atoms with Gasteiger partial charge in [-0.15, -0.1) is 5.10 Å². The van der Waals surface area contributed by atoms with Gasteiger partial charge in [-0.05, 0) is 43.5 Å². The van der Waals surface area contributed by atoms with E-state index in [1.165, 1.54) is 28.9 Å². The summed E-state index contributed by atoms with van der Waals surface area (Å²) in [5, 5.41) is 26.3. The van der Waals surface area contributed by atoms with Crippen molar-refractivity contribution in [2.75, 3.05) is 52.6 Å². The van der Waals surface area contributed by atoms with E-state index in [9.17, 15) is 40.3 Å². The van der Waals surface area contributed by atoms with Crippen molar-refractivity contribution in [3.63, 3.8) is 0 Å². The lowest BCUT2D eigenvalue weighted by molar-refractivity contribution is -0.192. The molecule has 1 aromatic carbocycles. The van der Waals surface area contributed by atoms with Gasteiger partial charge in [0.15, 0.2) is 5.69 Å². The maximum atomic E-state index is 13.3. The molecule has 2 heterocycles. The first-order chi connectivity index (χ1) is 20.2. The fourth-order valence-electron chi connectivity index (χ4n) is 3.97. The van der Waals surface area contributed by atoms with Crippen LogP contribution >= 0.6 is 0 Å². The van der Waals surface area contributed by atoms with Crippen LogP contribution in [0.4, 0.5) is 30.7 Å². The number of hydrogen-bond acceptors (Lipinski definition) is 7. The molecule has 1 fully saturated rings. The third kappa shape index (κ3) is 11.4. The average Bonchev–Trinajstić information content (AvgIpc) is 3.37. The van der Waals surface area contributed by atoms with Crippen molar-refractivity contribution in [2.45, 2.75) is 38.0 Å². The summed E-state index contributed by atoms with van der Waals surface area (Å²) in [5.41, 5.74) is 1.27. The molecule has 0 aliphatic carbocycles. The number of carbonyl (C=O) groups excluding carboxylic acids is 2. The largest absolute Gasteiger partial charge is 0.490 e. The summed E-state index contributed by atoms with van der Waals surface area (Å²) in [5.74, 6) is -3.89. The number of carboxylic acids is 1. The van der Waals surface area contributed by atoms with E-state index >= 15 is 0 Å². The van der Waals surface area contributed by atoms with Gasteiger partial charge in [-0.2, -0.15) is 26.3 Å². The molecule has 1 aliphatic heterocycles. The second kappa shape index (κ2) is 16.2. The van der Waals surface area contributed by atoms with Gasteiger partial charge in [0.25, 0.3) is 11.8 Å². The Hall–Kier alpha value is -3.80. The van der Waals surface area contributed by atoms with Gasteiger partial charge >= 0.3 is 18.3 Å². The molecule has 0 unspecified atom stereocenters. The van der Waals surface area contributed by atoms with Crippen molar-refractivity contribution in [3.05, 3.63) is 41.2 Å². The van der Waals surface area contributed by atoms with Crippen molar-refractivity contribution in [2.24, 2.45) is 0 Å². The van der Waals surface area contributed by atoms with Crippen LogP contribution in [0.1, 0.15) is 45.8 Å². The van der Waals surface area contributed by atoms with E-state index in [2.05, 4.69) is 15.2 Å². The quantitative estimate of drug-likeness (QED) is 0.255. The minimum atomic E-state index is -5.08. The molecule has 18 heteroatoms. The van der Waals surface area contributed by atoms with Crippen molar-refractivity contribution in [1.29, 1.82) is 0 Å². The number of halogens is 7. The fraction of sp³-hybridized carbons (Fsp3) is 0.560. The number of hydrogen-bond donors (Lipinski definition) is 3. The molecule has 2 amide bonds. The second-order valence-corrected chi connectivity index (χ2v) is 9.30. The Morgan fingerprint density at radius 3 is 2.05 bits per heavy atom. The van der Waals surface area contributed by atoms with Gasteiger partial charge in [-0.3, -0.25) is 18.9 Å². The minimum Gasteiger partial charge on any atom is -0.475 e. The van der Waals surface area contributed by atoms with E-state index in [4.69, 9.17) is 15.0 Å². The summed E-state index contributed by atoms with van der Waals surface area (Å²) in [6.45, 7) is 0.951. The van der Waals surface area contributed by atoms with Crippen LogP contribution in [-0.2, 0) is 11.2 Å². The molecule has 0 spiro atoms. The summed E-state index contributed by atoms with van der Waals surface area (Å²) >= 11 is 0. The normalized spacial score (nSPS) is 14.2. The number of alkyl halides is 7. The van der Waals surface area contributed by atoms with E-state index in [1.807, 2.05) is 5.32 Å². The van der Waals surface area contributed by atoms with Gasteiger partial charge in [0, 0.05) is 38.3 Å². The van der Waals surface area contributed by atoms with Crippen LogP contribution in [0.5, 0.6) is 0 Å². The van der Waals surface area contributed by atoms with E-state index < -0.39 is 37.4 Å². The molecule has 43 heavy (non-hydrogen) atoms. The van der Waals surface area contributed by atoms with Crippen molar-refractivity contribution in [1.82, 2.24) is 30.1 Å². The zero-order valence-corrected chi connectivity index (χ0v) is 22.8. The number of aliphatic hydroxyl groups excluding tert-OH is 1. The lowest BCUT2D eigenvalue weighted by Crippen LogP contribution is -2.49. The topological polar surface area (TPSA) is 141 Å². The molecular weight excluding hydrogens is 597 g/mol. The lowest BCUT2D eigenvalue weighted by atomic mass is 10.1. The standard InChI is InChI=1S/C23H30F4N6O3.C2HF3O2/c24-9-3-1-2-4-19-20(22(36)32-12-10-31(11-13-32)14-15-34)29-30-33(19)18-7-5-17(6-8-18)21(35)28-16-23(25,26)27;3-2(4,5)1(6)7/h5-8,34H,1-4,9-16H2,(H,28,35);(H,6,7). The van der Waals surface area contributed by atoms with E-state index in [1.54, 1.807) is 4.90 Å². The second-order valence-electron chi connectivity index (χ2n) is 9.30. The number of unbranched alkanes of at least 4 members (excludes halogenated alkanes) is 2. The zero-order chi connectivity index (χ0) is 32.2. The van der Waals surface area contributed by atoms with Crippen LogP contribution in [0.3, 0.4) is 0 Å². The first kappa shape index (κ1) is 35.4. The maximum absolute atomic E-state index is 13.3. The number of benzene rings is 1. The predicted octanol–water partition coefficient (Wildman–Crippen LogP) is 2.63. The summed E-state index contributed by atoms with van der Waals surface area (Å²) in [7, 11) is 0. The van der Waals surface area contributed by atoms with Gasteiger partial charge in [-0.25, -0.2) is 9.48 Å². The van der Waals surface area contributed by atoms with Gasteiger partial charge < -0.3 is 20.4 Å². The molecule has 1 saturated heterocycles. The Morgan fingerprint density at radius 1 is 0.930 bits per heavy atom. The number of piperazine rings is 1. The van der Waals surface area contributed by atoms with Gasteiger partial charge in [0.1, 0.15) is 6.54 Å². The molecule has 3 N–H and O–H groups in total. The zero-order valence-electron chi connectivity index (χ0n) is 22.8. The maximum Gasteiger partial charge on any atom is 0.490 e. The molecule has 0 bridgehead atoms. The smallest absolute Gasteiger partial charge is 0.475 e. The van der Waals surface area contributed by atoms with Crippen LogP contribution in [0.2, 0.25) is 0 Å². The highest BCUT2D eigenvalue weighted by Gasteiger charge is 2.38. The van der Waals surface area contributed by atoms with Crippen LogP contribution < -0.4 is 5.32 Å². The molecule has 2 aromatic rings. The molecule has 3 rings (SSSR count). The van der Waals surface area contributed by atoms with Crippen LogP contribution in [0.15, 0.2) is 24.3 Å². The third-order valence-corrected chi connectivity index (χ3v) is 6.15. The number of rotatable bonds is 11. The van der Waals surface area contributed by atoms with E-state index in [0.29, 0.717) is 69.8 Å². The first-order valence-electron chi connectivity index (χ1n) is 13.1. The molecule has 1 aromatic heterocycles. The number of carboxylic acid groups (broad SMARTS) is 1. The van der Waals surface area contributed by atoms with Gasteiger partial charge in [-0.1, -0.05) is 11.6 Å². The highest BCUT2D eigenvalue weighted by molar-refractivity contribution is 5.94. The van der Waals surface area contributed by atoms with Crippen LogP contribution in [0.25, 0.3) is 5.69 Å². The Labute approximate surface area is 241 Å². The predicted molar refractivity (Wildman–Crippen MR) is 136 cm³/mol. The summed E-state index contributed by atoms with van der Waals surface area (Å²) in [6, 6.07) is 5.78. The third-order valence-electron chi connectivity index (χ3n) is 6.15. The van der Waals surface area contributed by atoms with Crippen molar-refractivity contribution in [3.8, 4) is 5.69 Å². The fourth-order valence-corrected chi connectivity index (χ4v) is 3.97. The lowest BCUT2D eigenvalue weighted by Gasteiger charge is -2.34. The molecule has 11 nitrogen and oxygen atoms in total. The Balaban J connectivity index is 0.000000821. The Morgan fingerprint density at radius 2 is 1.53 bits per heavy atom. The summed E-state index contributed by atoms with van der Waals surface area (Å²) < 4.78 is 82.9. The molecule has 0 saturated carbocycles. The molecular formula is C25H31F7N6O5. The SMILES string of the molecule is O=C(NCC(F)(F)F)c1ccc(-n2nnc(C(=O)N3CCN(CCO)CC3)c2CCCCCF)cc1.O=C(O)C(F)(F)F. The van der Waals surface area contributed by atoms with Crippen molar-refractivity contribution >= 4 is 17.8 Å². The number of aromatic nitrogens is 3. The van der Waals surface area contributed by atoms with Gasteiger partial charge in [0.2, 0.25) is 0 Å². The summed E-state index contributed by atoms with van der Waals surface area (Å²) in [4.78, 5) is 37.9. The number of nitrogens with zero attached hydrogens (tertiary/aromatic N) is 5. The number of nitrogens with one attached hydrogen (secondary N) is 1. The molecule has 240 valence electrons. The van der Waals surface area contributed by atoms with Crippen LogP contribution in [0, 0.1) is 0 Å². The monoisotopic (exact) mass is 628 g/mol. The highest BCUT2D eigenvalue weighted by Crippen LogP contribution is 2.20. The molecule has 0 atom stereocenters. The van der Waals surface area contributed by atoms with Crippen LogP contribution in [-0.4, -0.2) is 118 Å². The number of amides is 2. The first-order valence-corrected chi connectivity index (χ1v) is 13.1. The average molecular weight is 629 g/mol. The van der Waals surface area contributed by atoms with E-state index in [-0.39, 0.29) is 23.8 Å². The number of aliphatic hydroxyl groups is 1.